The molecule has 0 aliphatic carbocycles. The Hall–Kier alpha value is -2.10. The Labute approximate surface area is 169 Å². The van der Waals surface area contributed by atoms with Crippen LogP contribution in [0.2, 0.25) is 0 Å². The zero-order valence-electron chi connectivity index (χ0n) is 15.1. The molecule has 2 heterocycles. The number of hydrogen-bond donors (Lipinski definition) is 2. The highest BCUT2D eigenvalue weighted by atomic mass is 32.2. The molecular formula is C19H21N3O4S2. The lowest BCUT2D eigenvalue weighted by Crippen LogP contribution is -2.52. The molecular weight excluding hydrogens is 398 g/mol. The zero-order chi connectivity index (χ0) is 19.9. The van der Waals surface area contributed by atoms with Crippen molar-refractivity contribution in [2.24, 2.45) is 0 Å². The van der Waals surface area contributed by atoms with E-state index in [4.69, 9.17) is 0 Å². The second kappa shape index (κ2) is 7.38. The van der Waals surface area contributed by atoms with Crippen LogP contribution in [0.4, 0.5) is 0 Å². The van der Waals surface area contributed by atoms with Crippen molar-refractivity contribution in [3.05, 3.63) is 42.5 Å². The lowest BCUT2D eigenvalue weighted by Gasteiger charge is -2.26. The maximum absolute atomic E-state index is 13.3. The number of hydrogen-bond acceptors (Lipinski definition) is 5. The van der Waals surface area contributed by atoms with Gasteiger partial charge in [-0.1, -0.05) is 30.3 Å². The number of carbonyl (C=O) groups excluding carboxylic acids is 2. The second-order valence-electron chi connectivity index (χ2n) is 7.11. The van der Waals surface area contributed by atoms with E-state index in [1.54, 1.807) is 18.2 Å². The normalized spacial score (nSPS) is 23.5. The molecule has 2 saturated heterocycles. The van der Waals surface area contributed by atoms with E-state index < -0.39 is 22.0 Å². The van der Waals surface area contributed by atoms with Crippen LogP contribution in [0.15, 0.2) is 47.4 Å². The Morgan fingerprint density at radius 3 is 2.61 bits per heavy atom. The first-order chi connectivity index (χ1) is 13.4. The second-order valence-corrected chi connectivity index (χ2v) is 9.73. The minimum Gasteiger partial charge on any atom is -0.273 e. The molecule has 2 aliphatic rings. The van der Waals surface area contributed by atoms with E-state index in [1.807, 2.05) is 24.3 Å². The summed E-state index contributed by atoms with van der Waals surface area (Å²) in [7, 11) is -3.88. The molecule has 0 aromatic heterocycles. The van der Waals surface area contributed by atoms with Crippen LogP contribution in [0.5, 0.6) is 0 Å². The molecule has 0 bridgehead atoms. The topological polar surface area (TPSA) is 86.8 Å². The number of benzene rings is 2. The summed E-state index contributed by atoms with van der Waals surface area (Å²) in [6.45, 7) is 0.587. The van der Waals surface area contributed by atoms with Crippen molar-refractivity contribution in [2.45, 2.75) is 35.4 Å². The average Bonchev–Trinajstić information content (AvgIpc) is 3.27. The highest BCUT2D eigenvalue weighted by Crippen LogP contribution is 2.30. The number of amides is 2. The highest BCUT2D eigenvalue weighted by molar-refractivity contribution is 7.89. The predicted octanol–water partition coefficient (Wildman–Crippen LogP) is 1.55. The lowest BCUT2D eigenvalue weighted by molar-refractivity contribution is -0.139. The quantitative estimate of drug-likeness (QED) is 0.737. The van der Waals surface area contributed by atoms with E-state index in [0.29, 0.717) is 25.8 Å². The van der Waals surface area contributed by atoms with Crippen molar-refractivity contribution in [1.29, 1.82) is 0 Å². The molecule has 0 unspecified atom stereocenters. The summed E-state index contributed by atoms with van der Waals surface area (Å²) in [5.41, 5.74) is 2.58. The molecule has 2 fully saturated rings. The third-order valence-corrected chi connectivity index (χ3v) is 7.43. The third kappa shape index (κ3) is 3.49. The number of rotatable bonds is 4. The first-order valence-corrected chi connectivity index (χ1v) is 11.1. The molecule has 0 saturated carbocycles. The summed E-state index contributed by atoms with van der Waals surface area (Å²) in [5.74, 6) is -0.645. The summed E-state index contributed by atoms with van der Waals surface area (Å²) in [5, 5.41) is 2.78. The van der Waals surface area contributed by atoms with E-state index in [9.17, 15) is 18.0 Å². The number of nitrogens with one attached hydrogen (secondary N) is 1. The fraction of sp³-hybridized carbons (Fsp3) is 0.368. The van der Waals surface area contributed by atoms with Crippen molar-refractivity contribution >= 4 is 45.2 Å². The number of fused-ring (bicyclic) bond motifs is 1. The van der Waals surface area contributed by atoms with Crippen LogP contribution in [0, 0.1) is 0 Å². The Morgan fingerprint density at radius 1 is 1.14 bits per heavy atom. The molecule has 2 amide bonds. The molecule has 0 radical (unpaired) electrons. The van der Waals surface area contributed by atoms with Crippen LogP contribution in [-0.4, -0.2) is 53.9 Å². The van der Waals surface area contributed by atoms with Crippen LogP contribution in [-0.2, 0) is 19.6 Å². The van der Waals surface area contributed by atoms with E-state index in [-0.39, 0.29) is 22.6 Å². The van der Waals surface area contributed by atoms with Crippen LogP contribution in [0.1, 0.15) is 19.3 Å². The monoisotopic (exact) mass is 419 g/mol. The van der Waals surface area contributed by atoms with Gasteiger partial charge in [-0.3, -0.25) is 20.0 Å². The average molecular weight is 420 g/mol. The standard InChI is InChI=1S/C19H21N3O4S2/c23-18-6-3-9-21(18)20-19(24)17-11-15(27)12-22(17)28(25,26)16-8-7-13-4-1-2-5-14(13)10-16/h1-2,4-5,7-8,10,15,17,27H,3,6,9,11-12H2,(H,20,24)/t15-,17+/m1/s1. The van der Waals surface area contributed by atoms with Gasteiger partial charge in [-0.2, -0.15) is 16.9 Å². The van der Waals surface area contributed by atoms with Gasteiger partial charge in [0, 0.05) is 24.8 Å². The molecule has 2 aliphatic heterocycles. The number of carbonyl (C=O) groups is 2. The lowest BCUT2D eigenvalue weighted by atomic mass is 10.1. The van der Waals surface area contributed by atoms with Gasteiger partial charge in [0.1, 0.15) is 6.04 Å². The first kappa shape index (κ1) is 19.2. The van der Waals surface area contributed by atoms with Gasteiger partial charge in [-0.05, 0) is 35.7 Å². The Bertz CT molecular complexity index is 1040. The molecule has 2 atom stereocenters. The maximum Gasteiger partial charge on any atom is 0.257 e. The first-order valence-electron chi connectivity index (χ1n) is 9.16. The van der Waals surface area contributed by atoms with Crippen molar-refractivity contribution in [1.82, 2.24) is 14.7 Å². The Balaban J connectivity index is 1.62. The van der Waals surface area contributed by atoms with Gasteiger partial charge < -0.3 is 0 Å². The summed E-state index contributed by atoms with van der Waals surface area (Å²) in [4.78, 5) is 24.7. The number of thiol groups is 1. The molecule has 2 aromatic rings. The fourth-order valence-corrected chi connectivity index (χ4v) is 5.89. The fourth-order valence-electron chi connectivity index (χ4n) is 3.73. The third-order valence-electron chi connectivity index (χ3n) is 5.18. The van der Waals surface area contributed by atoms with Gasteiger partial charge in [-0.25, -0.2) is 8.42 Å². The van der Waals surface area contributed by atoms with Gasteiger partial charge in [0.2, 0.25) is 15.9 Å². The Morgan fingerprint density at radius 2 is 1.89 bits per heavy atom. The van der Waals surface area contributed by atoms with E-state index in [2.05, 4.69) is 18.1 Å². The van der Waals surface area contributed by atoms with Crippen LogP contribution < -0.4 is 5.43 Å². The van der Waals surface area contributed by atoms with Crippen molar-refractivity contribution in [3.63, 3.8) is 0 Å². The largest absolute Gasteiger partial charge is 0.273 e. The molecule has 4 rings (SSSR count). The molecule has 28 heavy (non-hydrogen) atoms. The smallest absolute Gasteiger partial charge is 0.257 e. The molecule has 0 spiro atoms. The van der Waals surface area contributed by atoms with Crippen LogP contribution in [0.25, 0.3) is 10.8 Å². The van der Waals surface area contributed by atoms with Crippen molar-refractivity contribution < 1.29 is 18.0 Å². The maximum atomic E-state index is 13.3. The summed E-state index contributed by atoms with van der Waals surface area (Å²) < 4.78 is 27.7. The highest BCUT2D eigenvalue weighted by Gasteiger charge is 2.43. The van der Waals surface area contributed by atoms with Crippen LogP contribution in [0.3, 0.4) is 0 Å². The molecule has 148 valence electrons. The molecule has 1 N–H and O–H groups in total. The van der Waals surface area contributed by atoms with Gasteiger partial charge >= 0.3 is 0 Å². The number of sulfonamides is 1. The SMILES string of the molecule is O=C(NN1CCCC1=O)[C@@H]1C[C@@H](S)CN1S(=O)(=O)c1ccc2ccccc2c1. The minimum absolute atomic E-state index is 0.142. The zero-order valence-corrected chi connectivity index (χ0v) is 16.8. The Kier molecular flexibility index (Phi) is 5.07. The van der Waals surface area contributed by atoms with Gasteiger partial charge in [0.15, 0.2) is 0 Å². The summed E-state index contributed by atoms with van der Waals surface area (Å²) in [6, 6.07) is 11.5. The summed E-state index contributed by atoms with van der Waals surface area (Å²) in [6.07, 6.45) is 1.36. The number of hydrazine groups is 1. The van der Waals surface area contributed by atoms with Gasteiger partial charge in [0.05, 0.1) is 4.90 Å². The molecule has 7 nitrogen and oxygen atoms in total. The summed E-state index contributed by atoms with van der Waals surface area (Å²) >= 11 is 4.41. The molecule has 9 heteroatoms. The van der Waals surface area contributed by atoms with E-state index in [1.165, 1.54) is 9.31 Å². The number of nitrogens with zero attached hydrogens (tertiary/aromatic N) is 2. The van der Waals surface area contributed by atoms with Crippen molar-refractivity contribution in [2.75, 3.05) is 13.1 Å². The van der Waals surface area contributed by atoms with Gasteiger partial charge in [-0.15, -0.1) is 0 Å². The predicted molar refractivity (Wildman–Crippen MR) is 108 cm³/mol. The van der Waals surface area contributed by atoms with E-state index >= 15 is 0 Å². The minimum atomic E-state index is -3.88. The van der Waals surface area contributed by atoms with Crippen molar-refractivity contribution in [3.8, 4) is 0 Å². The van der Waals surface area contributed by atoms with Gasteiger partial charge in [0.25, 0.3) is 5.91 Å². The van der Waals surface area contributed by atoms with Crippen LogP contribution >= 0.6 is 12.6 Å². The van der Waals surface area contributed by atoms with E-state index in [0.717, 1.165) is 10.8 Å². The molecule has 2 aromatic carbocycles.